The van der Waals surface area contributed by atoms with Crippen LogP contribution in [0.15, 0.2) is 24.3 Å². The molecule has 0 radical (unpaired) electrons. The molecule has 0 aliphatic heterocycles. The van der Waals surface area contributed by atoms with E-state index in [1.165, 1.54) is 12.0 Å². The molecule has 0 saturated heterocycles. The van der Waals surface area contributed by atoms with Crippen molar-refractivity contribution < 1.29 is 9.50 Å². The first-order valence-corrected chi connectivity index (χ1v) is 7.39. The molecule has 1 aliphatic rings. The summed E-state index contributed by atoms with van der Waals surface area (Å²) in [6.45, 7) is 3.72. The molecule has 3 heteroatoms. The number of nitrogens with zero attached hydrogens (tertiary/aromatic N) is 1. The van der Waals surface area contributed by atoms with Gasteiger partial charge >= 0.3 is 0 Å². The zero-order valence-corrected chi connectivity index (χ0v) is 13.0. The maximum absolute atomic E-state index is 13.2. The summed E-state index contributed by atoms with van der Waals surface area (Å²) in [7, 11) is 4.14. The second-order valence-corrected chi connectivity index (χ2v) is 7.01. The Morgan fingerprint density at radius 1 is 1.25 bits per heavy atom. The van der Waals surface area contributed by atoms with E-state index >= 15 is 0 Å². The van der Waals surface area contributed by atoms with Crippen LogP contribution in [0.5, 0.6) is 0 Å². The number of hydrogen-bond acceptors (Lipinski definition) is 2. The van der Waals surface area contributed by atoms with Crippen molar-refractivity contribution in [2.75, 3.05) is 14.1 Å². The monoisotopic (exact) mass is 279 g/mol. The summed E-state index contributed by atoms with van der Waals surface area (Å²) in [4.78, 5) is 2.21. The van der Waals surface area contributed by atoms with Crippen molar-refractivity contribution in [3.63, 3.8) is 0 Å². The van der Waals surface area contributed by atoms with Crippen molar-refractivity contribution in [3.8, 4) is 0 Å². The van der Waals surface area contributed by atoms with E-state index in [2.05, 4.69) is 19.0 Å². The molecule has 0 heterocycles. The molecule has 2 rings (SSSR count). The van der Waals surface area contributed by atoms with E-state index in [0.29, 0.717) is 0 Å². The Bertz CT molecular complexity index is 443. The largest absolute Gasteiger partial charge is 0.390 e. The standard InChI is InChI=1S/C17H26FNO/c1-16(2,20)12-15(19(3)4)17(10-5-11-17)13-6-8-14(18)9-7-13/h6-9,15,20H,5,10-12H2,1-4H3. The van der Waals surface area contributed by atoms with Gasteiger partial charge in [-0.2, -0.15) is 0 Å². The summed E-state index contributed by atoms with van der Waals surface area (Å²) < 4.78 is 13.2. The zero-order chi connectivity index (χ0) is 15.0. The Hall–Kier alpha value is -0.930. The number of rotatable bonds is 5. The maximum Gasteiger partial charge on any atom is 0.123 e. The highest BCUT2D eigenvalue weighted by Gasteiger charge is 2.47. The van der Waals surface area contributed by atoms with E-state index in [1.54, 1.807) is 12.1 Å². The zero-order valence-electron chi connectivity index (χ0n) is 13.0. The van der Waals surface area contributed by atoms with Gasteiger partial charge in [0, 0.05) is 11.5 Å². The topological polar surface area (TPSA) is 23.5 Å². The molecule has 1 fully saturated rings. The summed E-state index contributed by atoms with van der Waals surface area (Å²) in [6, 6.07) is 7.19. The number of aliphatic hydroxyl groups is 1. The number of hydrogen-bond donors (Lipinski definition) is 1. The van der Waals surface area contributed by atoms with Crippen LogP contribution in [0.1, 0.15) is 45.1 Å². The van der Waals surface area contributed by atoms with Crippen molar-refractivity contribution in [2.24, 2.45) is 0 Å². The number of halogens is 1. The van der Waals surface area contributed by atoms with Gasteiger partial charge in [0.1, 0.15) is 5.82 Å². The predicted octanol–water partition coefficient (Wildman–Crippen LogP) is 3.34. The van der Waals surface area contributed by atoms with Crippen LogP contribution in [-0.2, 0) is 5.41 Å². The highest BCUT2D eigenvalue weighted by molar-refractivity contribution is 5.31. The first-order chi connectivity index (χ1) is 9.24. The van der Waals surface area contributed by atoms with E-state index in [1.807, 2.05) is 26.0 Å². The lowest BCUT2D eigenvalue weighted by Crippen LogP contribution is -2.54. The van der Waals surface area contributed by atoms with Crippen LogP contribution in [0.25, 0.3) is 0 Å². The van der Waals surface area contributed by atoms with Gasteiger partial charge in [-0.1, -0.05) is 18.6 Å². The Balaban J connectivity index is 2.34. The van der Waals surface area contributed by atoms with Crippen LogP contribution >= 0.6 is 0 Å². The minimum atomic E-state index is -0.697. The van der Waals surface area contributed by atoms with Gasteiger partial charge in [0.2, 0.25) is 0 Å². The average molecular weight is 279 g/mol. The lowest BCUT2D eigenvalue weighted by molar-refractivity contribution is 0.00175. The highest BCUT2D eigenvalue weighted by atomic mass is 19.1. The molecule has 1 N–H and O–H groups in total. The molecular formula is C17H26FNO. The van der Waals surface area contributed by atoms with Gasteiger partial charge in [0.05, 0.1) is 5.60 Å². The third kappa shape index (κ3) is 3.04. The molecule has 112 valence electrons. The van der Waals surface area contributed by atoms with Gasteiger partial charge in [-0.15, -0.1) is 0 Å². The van der Waals surface area contributed by atoms with Crippen LogP contribution in [0.3, 0.4) is 0 Å². The Morgan fingerprint density at radius 2 is 1.80 bits per heavy atom. The Morgan fingerprint density at radius 3 is 2.15 bits per heavy atom. The minimum absolute atomic E-state index is 0.0528. The SMILES string of the molecule is CN(C)C(CC(C)(C)O)C1(c2ccc(F)cc2)CCC1. The molecule has 1 aliphatic carbocycles. The second-order valence-electron chi connectivity index (χ2n) is 7.01. The highest BCUT2D eigenvalue weighted by Crippen LogP contribution is 2.49. The van der Waals surface area contributed by atoms with Gasteiger partial charge in [0.25, 0.3) is 0 Å². The van der Waals surface area contributed by atoms with E-state index < -0.39 is 5.60 Å². The first-order valence-electron chi connectivity index (χ1n) is 7.39. The minimum Gasteiger partial charge on any atom is -0.390 e. The van der Waals surface area contributed by atoms with E-state index in [0.717, 1.165) is 19.3 Å². The lowest BCUT2D eigenvalue weighted by Gasteiger charge is -2.52. The van der Waals surface area contributed by atoms with Crippen molar-refractivity contribution in [1.29, 1.82) is 0 Å². The summed E-state index contributed by atoms with van der Waals surface area (Å²) >= 11 is 0. The van der Waals surface area contributed by atoms with Crippen molar-refractivity contribution in [3.05, 3.63) is 35.6 Å². The number of likely N-dealkylation sites (N-methyl/N-ethyl adjacent to an activating group) is 1. The Kier molecular flexibility index (Phi) is 4.22. The fraction of sp³-hybridized carbons (Fsp3) is 0.647. The van der Waals surface area contributed by atoms with E-state index in [9.17, 15) is 9.50 Å². The van der Waals surface area contributed by atoms with Crippen LogP contribution < -0.4 is 0 Å². The molecule has 2 nitrogen and oxygen atoms in total. The molecule has 1 aromatic rings. The fourth-order valence-electron chi connectivity index (χ4n) is 3.50. The van der Waals surface area contributed by atoms with Gasteiger partial charge in [-0.25, -0.2) is 4.39 Å². The normalized spacial score (nSPS) is 19.8. The molecule has 1 saturated carbocycles. The van der Waals surface area contributed by atoms with Crippen LogP contribution in [0.4, 0.5) is 4.39 Å². The smallest absolute Gasteiger partial charge is 0.123 e. The molecule has 0 amide bonds. The van der Waals surface area contributed by atoms with Gasteiger partial charge in [-0.05, 0) is 64.9 Å². The van der Waals surface area contributed by atoms with Gasteiger partial charge in [0.15, 0.2) is 0 Å². The van der Waals surface area contributed by atoms with Gasteiger partial charge in [-0.3, -0.25) is 0 Å². The number of benzene rings is 1. The third-order valence-corrected chi connectivity index (χ3v) is 4.62. The average Bonchev–Trinajstić information content (AvgIpc) is 2.27. The van der Waals surface area contributed by atoms with Crippen molar-refractivity contribution in [1.82, 2.24) is 4.90 Å². The summed E-state index contributed by atoms with van der Waals surface area (Å²) in [5, 5.41) is 10.2. The molecule has 1 aromatic carbocycles. The summed E-state index contributed by atoms with van der Waals surface area (Å²) in [6.07, 6.45) is 4.14. The van der Waals surface area contributed by atoms with E-state index in [4.69, 9.17) is 0 Å². The van der Waals surface area contributed by atoms with Crippen LogP contribution in [-0.4, -0.2) is 35.7 Å². The first kappa shape index (κ1) is 15.5. The van der Waals surface area contributed by atoms with Gasteiger partial charge < -0.3 is 10.0 Å². The second kappa shape index (κ2) is 5.45. The Labute approximate surface area is 121 Å². The molecule has 20 heavy (non-hydrogen) atoms. The molecular weight excluding hydrogens is 253 g/mol. The van der Waals surface area contributed by atoms with Crippen molar-refractivity contribution >= 4 is 0 Å². The molecule has 0 bridgehead atoms. The lowest BCUT2D eigenvalue weighted by atomic mass is 9.58. The third-order valence-electron chi connectivity index (χ3n) is 4.62. The summed E-state index contributed by atoms with van der Waals surface area (Å²) in [5.74, 6) is -0.188. The van der Waals surface area contributed by atoms with Crippen molar-refractivity contribution in [2.45, 2.75) is 56.6 Å². The molecule has 0 aromatic heterocycles. The molecule has 1 unspecified atom stereocenters. The molecule has 0 spiro atoms. The predicted molar refractivity (Wildman–Crippen MR) is 80.3 cm³/mol. The maximum atomic E-state index is 13.2. The van der Waals surface area contributed by atoms with E-state index in [-0.39, 0.29) is 17.3 Å². The van der Waals surface area contributed by atoms with Crippen LogP contribution in [0, 0.1) is 5.82 Å². The fourth-order valence-corrected chi connectivity index (χ4v) is 3.50. The summed E-state index contributed by atoms with van der Waals surface area (Å²) in [5.41, 5.74) is 0.558. The molecule has 1 atom stereocenters. The van der Waals surface area contributed by atoms with Crippen LogP contribution in [0.2, 0.25) is 0 Å². The quantitative estimate of drug-likeness (QED) is 0.893.